The van der Waals surface area contributed by atoms with Crippen LogP contribution < -0.4 is 0 Å². The summed E-state index contributed by atoms with van der Waals surface area (Å²) in [6.45, 7) is 15.2. The van der Waals surface area contributed by atoms with Crippen molar-refractivity contribution < 1.29 is 4.39 Å². The maximum atomic E-state index is 13.1. The molecule has 78 valence electrons. The van der Waals surface area contributed by atoms with Gasteiger partial charge < -0.3 is 0 Å². The van der Waals surface area contributed by atoms with Crippen molar-refractivity contribution in [1.82, 2.24) is 0 Å². The second-order valence-electron chi connectivity index (χ2n) is 3.62. The maximum Gasteiger partial charge on any atom is 0.119 e. The van der Waals surface area contributed by atoms with Crippen molar-refractivity contribution in [1.29, 1.82) is 0 Å². The van der Waals surface area contributed by atoms with Gasteiger partial charge in [-0.25, -0.2) is 4.39 Å². The molecule has 0 heterocycles. The predicted octanol–water partition coefficient (Wildman–Crippen LogP) is 4.57. The van der Waals surface area contributed by atoms with Crippen LogP contribution in [0.4, 0.5) is 4.39 Å². The molecule has 0 saturated heterocycles. The summed E-state index contributed by atoms with van der Waals surface area (Å²) in [4.78, 5) is 0. The Balaban J connectivity index is 5.06. The van der Waals surface area contributed by atoms with Gasteiger partial charge in [-0.3, -0.25) is 0 Å². The van der Waals surface area contributed by atoms with Crippen LogP contribution in [0.15, 0.2) is 47.9 Å². The quantitative estimate of drug-likeness (QED) is 0.454. The molecule has 0 aromatic rings. The highest BCUT2D eigenvalue weighted by atomic mass is 19.1. The fraction of sp³-hybridized carbons (Fsp3) is 0.385. The van der Waals surface area contributed by atoms with E-state index in [-0.39, 0.29) is 11.7 Å². The van der Waals surface area contributed by atoms with E-state index in [0.717, 1.165) is 16.7 Å². The molecule has 1 unspecified atom stereocenters. The fourth-order valence-corrected chi connectivity index (χ4v) is 1.12. The first-order chi connectivity index (χ1) is 6.40. The van der Waals surface area contributed by atoms with Gasteiger partial charge >= 0.3 is 0 Å². The van der Waals surface area contributed by atoms with Crippen molar-refractivity contribution in [2.45, 2.75) is 27.7 Å². The van der Waals surface area contributed by atoms with Crippen LogP contribution >= 0.6 is 0 Å². The average molecular weight is 194 g/mol. The number of allylic oxidation sites excluding steroid dienone is 6. The van der Waals surface area contributed by atoms with Crippen LogP contribution in [0, 0.1) is 5.92 Å². The van der Waals surface area contributed by atoms with E-state index in [1.165, 1.54) is 12.2 Å². The lowest BCUT2D eigenvalue weighted by Gasteiger charge is -2.15. The van der Waals surface area contributed by atoms with Crippen LogP contribution in [0.2, 0.25) is 0 Å². The van der Waals surface area contributed by atoms with Gasteiger partial charge in [-0.05, 0) is 32.4 Å². The van der Waals surface area contributed by atoms with E-state index in [4.69, 9.17) is 0 Å². The van der Waals surface area contributed by atoms with Gasteiger partial charge in [0.1, 0.15) is 5.83 Å². The van der Waals surface area contributed by atoms with E-state index in [0.29, 0.717) is 0 Å². The van der Waals surface area contributed by atoms with E-state index in [1.807, 2.05) is 20.8 Å². The molecule has 0 bridgehead atoms. The molecule has 1 heteroatoms. The van der Waals surface area contributed by atoms with Gasteiger partial charge in [-0.1, -0.05) is 37.3 Å². The molecule has 0 rings (SSSR count). The van der Waals surface area contributed by atoms with Crippen LogP contribution in [0.3, 0.4) is 0 Å². The molecular weight excluding hydrogens is 175 g/mol. The molecule has 0 aromatic carbocycles. The summed E-state index contributed by atoms with van der Waals surface area (Å²) in [6.07, 6.45) is 2.97. The summed E-state index contributed by atoms with van der Waals surface area (Å²) in [6, 6.07) is 0. The topological polar surface area (TPSA) is 0 Å². The lowest BCUT2D eigenvalue weighted by molar-refractivity contribution is 0.658. The van der Waals surface area contributed by atoms with Crippen molar-refractivity contribution in [3.05, 3.63) is 47.9 Å². The Kier molecular flexibility index (Phi) is 5.14. The van der Waals surface area contributed by atoms with Gasteiger partial charge in [0.05, 0.1) is 0 Å². The molecule has 0 saturated carbocycles. The monoisotopic (exact) mass is 194 g/mol. The van der Waals surface area contributed by atoms with E-state index >= 15 is 0 Å². The Morgan fingerprint density at radius 2 is 1.79 bits per heavy atom. The van der Waals surface area contributed by atoms with Crippen LogP contribution in [0.25, 0.3) is 0 Å². The smallest absolute Gasteiger partial charge is 0.119 e. The molecular formula is C13H19F. The number of hydrogen-bond acceptors (Lipinski definition) is 0. The normalized spacial score (nSPS) is 15.2. The zero-order chi connectivity index (χ0) is 11.3. The second-order valence-corrected chi connectivity index (χ2v) is 3.62. The Bertz CT molecular complexity index is 292. The summed E-state index contributed by atoms with van der Waals surface area (Å²) in [7, 11) is 0. The van der Waals surface area contributed by atoms with Crippen molar-refractivity contribution >= 4 is 0 Å². The van der Waals surface area contributed by atoms with E-state index in [2.05, 4.69) is 13.2 Å². The summed E-state index contributed by atoms with van der Waals surface area (Å²) in [5, 5.41) is 0. The molecule has 14 heavy (non-hydrogen) atoms. The lowest BCUT2D eigenvalue weighted by atomic mass is 9.90. The van der Waals surface area contributed by atoms with Crippen LogP contribution in [-0.2, 0) is 0 Å². The van der Waals surface area contributed by atoms with Gasteiger partial charge in [0.25, 0.3) is 0 Å². The molecule has 0 N–H and O–H groups in total. The summed E-state index contributed by atoms with van der Waals surface area (Å²) < 4.78 is 13.1. The standard InChI is InChI=1S/C13H19F/c1-7-12(14)8-13(10(4)5)11(6)9(2)3/h7-8,11H,2,4H2,1,3,5-6H3. The highest BCUT2D eigenvalue weighted by Gasteiger charge is 2.10. The number of halogens is 1. The van der Waals surface area contributed by atoms with Crippen molar-refractivity contribution in [2.75, 3.05) is 0 Å². The van der Waals surface area contributed by atoms with Crippen LogP contribution in [0.1, 0.15) is 27.7 Å². The largest absolute Gasteiger partial charge is 0.207 e. The summed E-state index contributed by atoms with van der Waals surface area (Å²) in [5.74, 6) is -0.0747. The zero-order valence-electron chi connectivity index (χ0n) is 9.52. The molecule has 0 amide bonds. The molecule has 0 nitrogen and oxygen atoms in total. The van der Waals surface area contributed by atoms with Gasteiger partial charge in [0, 0.05) is 5.92 Å². The molecule has 0 aliphatic rings. The fourth-order valence-electron chi connectivity index (χ4n) is 1.12. The highest BCUT2D eigenvalue weighted by Crippen LogP contribution is 2.25. The van der Waals surface area contributed by atoms with Gasteiger partial charge in [0.2, 0.25) is 0 Å². The predicted molar refractivity (Wildman–Crippen MR) is 61.7 cm³/mol. The summed E-state index contributed by atoms with van der Waals surface area (Å²) in [5.41, 5.74) is 2.81. The molecule has 1 atom stereocenters. The molecule has 0 spiro atoms. The number of rotatable bonds is 4. The minimum atomic E-state index is -0.226. The third kappa shape index (κ3) is 3.73. The van der Waals surface area contributed by atoms with Crippen molar-refractivity contribution in [3.8, 4) is 0 Å². The van der Waals surface area contributed by atoms with Gasteiger partial charge in [-0.15, -0.1) is 0 Å². The Labute approximate surface area is 86.5 Å². The zero-order valence-corrected chi connectivity index (χ0v) is 9.52. The lowest BCUT2D eigenvalue weighted by Crippen LogP contribution is -2.01. The average Bonchev–Trinajstić information content (AvgIpc) is 2.11. The first-order valence-corrected chi connectivity index (χ1v) is 4.74. The van der Waals surface area contributed by atoms with Crippen molar-refractivity contribution in [3.63, 3.8) is 0 Å². The second kappa shape index (κ2) is 5.58. The molecule has 0 fully saturated rings. The first kappa shape index (κ1) is 12.9. The molecule has 0 radical (unpaired) electrons. The van der Waals surface area contributed by atoms with E-state index in [1.54, 1.807) is 6.92 Å². The highest BCUT2D eigenvalue weighted by molar-refractivity contribution is 5.37. The van der Waals surface area contributed by atoms with Gasteiger partial charge in [0.15, 0.2) is 0 Å². The third-order valence-electron chi connectivity index (χ3n) is 2.27. The minimum absolute atomic E-state index is 0.151. The van der Waals surface area contributed by atoms with Crippen LogP contribution in [0.5, 0.6) is 0 Å². The summed E-state index contributed by atoms with van der Waals surface area (Å²) >= 11 is 0. The van der Waals surface area contributed by atoms with E-state index in [9.17, 15) is 4.39 Å². The number of hydrogen-bond donors (Lipinski definition) is 0. The Morgan fingerprint density at radius 3 is 2.07 bits per heavy atom. The third-order valence-corrected chi connectivity index (χ3v) is 2.27. The molecule has 0 aliphatic heterocycles. The maximum absolute atomic E-state index is 13.1. The van der Waals surface area contributed by atoms with E-state index < -0.39 is 0 Å². The van der Waals surface area contributed by atoms with Crippen molar-refractivity contribution in [2.24, 2.45) is 5.92 Å². The molecule has 0 aromatic heterocycles. The first-order valence-electron chi connectivity index (χ1n) is 4.74. The minimum Gasteiger partial charge on any atom is -0.207 e. The van der Waals surface area contributed by atoms with Crippen LogP contribution in [-0.4, -0.2) is 0 Å². The Morgan fingerprint density at radius 1 is 1.29 bits per heavy atom. The SMILES string of the molecule is C=C(C)C(=CC(F)=CC)C(C)C(=C)C. The van der Waals surface area contributed by atoms with Gasteiger partial charge in [-0.2, -0.15) is 0 Å². The molecule has 0 aliphatic carbocycles. The Hall–Kier alpha value is -1.11.